The number of amides is 2. The summed E-state index contributed by atoms with van der Waals surface area (Å²) >= 11 is 0. The Morgan fingerprint density at radius 3 is 2.57 bits per heavy atom. The van der Waals surface area contributed by atoms with Gasteiger partial charge in [-0.2, -0.15) is 0 Å². The standard InChI is InChI=1S/C17H25FN2O3/c1-11(2)7-8-17(4,23)10-19-16(22)14-9-13(20-12(3)21)5-6-15(14)18/h5-6,9,11,23H,7-8,10H2,1-4H3,(H,19,22)(H,20,21). The van der Waals surface area contributed by atoms with Gasteiger partial charge in [-0.25, -0.2) is 4.39 Å². The number of carbonyl (C=O) groups excluding carboxylic acids is 2. The number of nitrogens with one attached hydrogen (secondary N) is 2. The van der Waals surface area contributed by atoms with Gasteiger partial charge in [0.25, 0.3) is 5.91 Å². The van der Waals surface area contributed by atoms with Gasteiger partial charge in [-0.05, 0) is 43.9 Å². The zero-order valence-electron chi connectivity index (χ0n) is 14.1. The van der Waals surface area contributed by atoms with E-state index in [0.717, 1.165) is 12.5 Å². The monoisotopic (exact) mass is 324 g/mol. The second-order valence-corrected chi connectivity index (χ2v) is 6.49. The molecule has 1 aromatic carbocycles. The molecule has 0 aromatic heterocycles. The molecule has 1 atom stereocenters. The van der Waals surface area contributed by atoms with Gasteiger partial charge in [0.15, 0.2) is 0 Å². The molecule has 0 saturated heterocycles. The first-order valence-corrected chi connectivity index (χ1v) is 7.68. The first-order chi connectivity index (χ1) is 10.6. The summed E-state index contributed by atoms with van der Waals surface area (Å²) in [7, 11) is 0. The Kier molecular flexibility index (Phi) is 6.69. The normalized spacial score (nSPS) is 13.5. The van der Waals surface area contributed by atoms with Crippen molar-refractivity contribution < 1.29 is 19.1 Å². The molecule has 1 rings (SSSR count). The maximum atomic E-state index is 13.8. The highest BCUT2D eigenvalue weighted by Gasteiger charge is 2.22. The number of hydrogen-bond acceptors (Lipinski definition) is 3. The van der Waals surface area contributed by atoms with Crippen molar-refractivity contribution in [2.75, 3.05) is 11.9 Å². The minimum Gasteiger partial charge on any atom is -0.388 e. The zero-order chi connectivity index (χ0) is 17.6. The summed E-state index contributed by atoms with van der Waals surface area (Å²) in [5.41, 5.74) is -0.877. The molecule has 6 heteroatoms. The summed E-state index contributed by atoms with van der Waals surface area (Å²) in [6.45, 7) is 7.10. The van der Waals surface area contributed by atoms with Crippen LogP contribution in [-0.4, -0.2) is 29.1 Å². The highest BCUT2D eigenvalue weighted by Crippen LogP contribution is 2.17. The van der Waals surface area contributed by atoms with Gasteiger partial charge in [0.05, 0.1) is 11.2 Å². The molecule has 0 saturated carbocycles. The summed E-state index contributed by atoms with van der Waals surface area (Å²) in [5, 5.41) is 15.3. The van der Waals surface area contributed by atoms with Gasteiger partial charge in [-0.15, -0.1) is 0 Å². The number of halogens is 1. The van der Waals surface area contributed by atoms with Crippen molar-refractivity contribution in [1.29, 1.82) is 0 Å². The summed E-state index contributed by atoms with van der Waals surface area (Å²) in [6.07, 6.45) is 1.37. The van der Waals surface area contributed by atoms with Gasteiger partial charge in [0.1, 0.15) is 5.82 Å². The molecular formula is C17H25FN2O3. The van der Waals surface area contributed by atoms with Crippen LogP contribution in [-0.2, 0) is 4.79 Å². The molecule has 5 nitrogen and oxygen atoms in total. The summed E-state index contributed by atoms with van der Waals surface area (Å²) in [4.78, 5) is 23.1. The molecule has 0 heterocycles. The smallest absolute Gasteiger partial charge is 0.254 e. The van der Waals surface area contributed by atoms with Crippen LogP contribution in [0.4, 0.5) is 10.1 Å². The third-order valence-electron chi connectivity index (χ3n) is 3.42. The van der Waals surface area contributed by atoms with Crippen LogP contribution in [0.1, 0.15) is 50.9 Å². The minimum absolute atomic E-state index is 0.0301. The second-order valence-electron chi connectivity index (χ2n) is 6.49. The zero-order valence-corrected chi connectivity index (χ0v) is 14.1. The van der Waals surface area contributed by atoms with Crippen molar-refractivity contribution in [3.63, 3.8) is 0 Å². The maximum absolute atomic E-state index is 13.8. The fourth-order valence-electron chi connectivity index (χ4n) is 2.03. The first-order valence-electron chi connectivity index (χ1n) is 7.68. The van der Waals surface area contributed by atoms with E-state index in [1.807, 2.05) is 0 Å². The molecule has 1 aromatic rings. The van der Waals surface area contributed by atoms with Crippen molar-refractivity contribution in [2.45, 2.75) is 46.1 Å². The summed E-state index contributed by atoms with van der Waals surface area (Å²) < 4.78 is 13.8. The lowest BCUT2D eigenvalue weighted by atomic mass is 9.95. The van der Waals surface area contributed by atoms with Gasteiger partial charge in [0.2, 0.25) is 5.91 Å². The molecule has 0 aliphatic carbocycles. The third-order valence-corrected chi connectivity index (χ3v) is 3.42. The fraction of sp³-hybridized carbons (Fsp3) is 0.529. The van der Waals surface area contributed by atoms with Crippen molar-refractivity contribution in [3.05, 3.63) is 29.6 Å². The van der Waals surface area contributed by atoms with Crippen LogP contribution in [0.2, 0.25) is 0 Å². The molecule has 0 aliphatic rings. The van der Waals surface area contributed by atoms with E-state index >= 15 is 0 Å². The minimum atomic E-state index is -1.05. The molecule has 0 bridgehead atoms. The van der Waals surface area contributed by atoms with Gasteiger partial charge in [-0.1, -0.05) is 13.8 Å². The molecule has 0 spiro atoms. The number of hydrogen-bond donors (Lipinski definition) is 3. The Morgan fingerprint density at radius 2 is 2.00 bits per heavy atom. The van der Waals surface area contributed by atoms with E-state index in [1.165, 1.54) is 19.1 Å². The van der Waals surface area contributed by atoms with Crippen LogP contribution in [0, 0.1) is 11.7 Å². The lowest BCUT2D eigenvalue weighted by molar-refractivity contribution is -0.114. The highest BCUT2D eigenvalue weighted by atomic mass is 19.1. The van der Waals surface area contributed by atoms with E-state index in [9.17, 15) is 19.1 Å². The Balaban J connectivity index is 2.72. The first kappa shape index (κ1) is 19.1. The predicted molar refractivity (Wildman–Crippen MR) is 87.7 cm³/mol. The quantitative estimate of drug-likeness (QED) is 0.721. The number of benzene rings is 1. The van der Waals surface area contributed by atoms with Crippen LogP contribution >= 0.6 is 0 Å². The Labute approximate surface area is 136 Å². The highest BCUT2D eigenvalue weighted by molar-refractivity contribution is 5.97. The third kappa shape index (κ3) is 6.78. The van der Waals surface area contributed by atoms with E-state index in [4.69, 9.17) is 0 Å². The van der Waals surface area contributed by atoms with Crippen molar-refractivity contribution >= 4 is 17.5 Å². The molecule has 23 heavy (non-hydrogen) atoms. The molecular weight excluding hydrogens is 299 g/mol. The van der Waals surface area contributed by atoms with E-state index < -0.39 is 17.3 Å². The maximum Gasteiger partial charge on any atom is 0.254 e. The molecule has 0 fully saturated rings. The van der Waals surface area contributed by atoms with Crippen LogP contribution in [0.25, 0.3) is 0 Å². The molecule has 128 valence electrons. The van der Waals surface area contributed by atoms with Gasteiger partial charge in [0, 0.05) is 19.2 Å². The molecule has 2 amide bonds. The average Bonchev–Trinajstić information content (AvgIpc) is 2.44. The Morgan fingerprint density at radius 1 is 1.35 bits per heavy atom. The predicted octanol–water partition coefficient (Wildman–Crippen LogP) is 2.70. The van der Waals surface area contributed by atoms with Gasteiger partial charge in [-0.3, -0.25) is 9.59 Å². The topological polar surface area (TPSA) is 78.4 Å². The lowest BCUT2D eigenvalue weighted by Crippen LogP contribution is -2.41. The van der Waals surface area contributed by atoms with Gasteiger partial charge < -0.3 is 15.7 Å². The summed E-state index contributed by atoms with van der Waals surface area (Å²) in [5.74, 6) is -1.17. The molecule has 0 aliphatic heterocycles. The van der Waals surface area contributed by atoms with Gasteiger partial charge >= 0.3 is 0 Å². The van der Waals surface area contributed by atoms with E-state index in [0.29, 0.717) is 18.0 Å². The van der Waals surface area contributed by atoms with Crippen molar-refractivity contribution in [3.8, 4) is 0 Å². The number of anilines is 1. The average molecular weight is 324 g/mol. The molecule has 0 radical (unpaired) electrons. The largest absolute Gasteiger partial charge is 0.388 e. The Hall–Kier alpha value is -1.95. The van der Waals surface area contributed by atoms with E-state index in [2.05, 4.69) is 24.5 Å². The lowest BCUT2D eigenvalue weighted by Gasteiger charge is -2.24. The Bertz CT molecular complexity index is 571. The van der Waals surface area contributed by atoms with Crippen LogP contribution in [0.5, 0.6) is 0 Å². The number of rotatable bonds is 7. The van der Waals surface area contributed by atoms with Crippen molar-refractivity contribution in [1.82, 2.24) is 5.32 Å². The van der Waals surface area contributed by atoms with E-state index in [-0.39, 0.29) is 18.0 Å². The number of aliphatic hydroxyl groups is 1. The SMILES string of the molecule is CC(=O)Nc1ccc(F)c(C(=O)NCC(C)(O)CCC(C)C)c1. The second kappa shape index (κ2) is 8.06. The van der Waals surface area contributed by atoms with Crippen LogP contribution in [0.3, 0.4) is 0 Å². The molecule has 3 N–H and O–H groups in total. The van der Waals surface area contributed by atoms with E-state index in [1.54, 1.807) is 6.92 Å². The molecule has 1 unspecified atom stereocenters. The summed E-state index contributed by atoms with van der Waals surface area (Å²) in [6, 6.07) is 3.78. The van der Waals surface area contributed by atoms with Crippen LogP contribution < -0.4 is 10.6 Å². The number of carbonyl (C=O) groups is 2. The fourth-order valence-corrected chi connectivity index (χ4v) is 2.03. The van der Waals surface area contributed by atoms with Crippen LogP contribution in [0.15, 0.2) is 18.2 Å². The van der Waals surface area contributed by atoms with Crippen molar-refractivity contribution in [2.24, 2.45) is 5.92 Å².